The van der Waals surface area contributed by atoms with Gasteiger partial charge in [0.15, 0.2) is 6.29 Å². The molecule has 1 aromatic rings. The molecule has 3 heterocycles. The fraction of sp³-hybridized carbons (Fsp3) is 0.875. The van der Waals surface area contributed by atoms with Gasteiger partial charge < -0.3 is 23.8 Å². The zero-order chi connectivity index (χ0) is 16.1. The molecule has 3 rings (SSSR count). The Bertz CT molecular complexity index is 474. The number of likely N-dealkylation sites (tertiary alicyclic amines) is 1. The van der Waals surface area contributed by atoms with Crippen LogP contribution in [0.2, 0.25) is 0 Å². The van der Waals surface area contributed by atoms with Crippen LogP contribution in [-0.2, 0) is 9.47 Å². The lowest BCUT2D eigenvalue weighted by atomic mass is 9.98. The predicted octanol–water partition coefficient (Wildman–Crippen LogP) is 1.86. The van der Waals surface area contributed by atoms with Crippen molar-refractivity contribution in [1.29, 1.82) is 0 Å². The number of piperidine rings is 1. The minimum absolute atomic E-state index is 0.00271. The van der Waals surface area contributed by atoms with Crippen molar-refractivity contribution in [3.63, 3.8) is 0 Å². The maximum absolute atomic E-state index is 5.84. The summed E-state index contributed by atoms with van der Waals surface area (Å²) in [6.07, 6.45) is 5.66. The topological polar surface area (TPSA) is 63.9 Å². The van der Waals surface area contributed by atoms with E-state index in [9.17, 15) is 0 Å². The number of hydrogen-bond acceptors (Lipinski definition) is 7. The molecule has 0 spiro atoms. The number of nitrogens with zero attached hydrogens (tertiary/aromatic N) is 4. The normalized spacial score (nSPS) is 26.3. The van der Waals surface area contributed by atoms with Crippen LogP contribution in [0, 0.1) is 0 Å². The van der Waals surface area contributed by atoms with Gasteiger partial charge >= 0.3 is 0 Å². The molecular formula is C16H28N4O3. The predicted molar refractivity (Wildman–Crippen MR) is 86.6 cm³/mol. The molecule has 0 unspecified atom stereocenters. The zero-order valence-corrected chi connectivity index (χ0v) is 14.2. The summed E-state index contributed by atoms with van der Waals surface area (Å²) < 4.78 is 16.9. The van der Waals surface area contributed by atoms with E-state index in [4.69, 9.17) is 14.0 Å². The van der Waals surface area contributed by atoms with E-state index in [1.54, 1.807) is 0 Å². The van der Waals surface area contributed by atoms with Gasteiger partial charge in [0.1, 0.15) is 0 Å². The third kappa shape index (κ3) is 4.65. The summed E-state index contributed by atoms with van der Waals surface area (Å²) in [5, 5.41) is 4.02. The van der Waals surface area contributed by atoms with E-state index >= 15 is 0 Å². The molecule has 23 heavy (non-hydrogen) atoms. The van der Waals surface area contributed by atoms with Crippen LogP contribution < -0.4 is 4.90 Å². The fourth-order valence-corrected chi connectivity index (χ4v) is 3.19. The first-order valence-corrected chi connectivity index (χ1v) is 8.69. The van der Waals surface area contributed by atoms with Crippen molar-refractivity contribution < 1.29 is 14.0 Å². The fourth-order valence-electron chi connectivity index (χ4n) is 3.19. The van der Waals surface area contributed by atoms with Gasteiger partial charge in [-0.3, -0.25) is 0 Å². The first-order valence-electron chi connectivity index (χ1n) is 8.69. The minimum atomic E-state index is 0.00271. The molecule has 0 N–H and O–H groups in total. The molecule has 2 aliphatic heterocycles. The Morgan fingerprint density at radius 2 is 2.17 bits per heavy atom. The number of rotatable bonds is 6. The second kappa shape index (κ2) is 8.08. The lowest BCUT2D eigenvalue weighted by molar-refractivity contribution is -0.164. The average molecular weight is 324 g/mol. The summed E-state index contributed by atoms with van der Waals surface area (Å²) in [4.78, 5) is 8.79. The van der Waals surface area contributed by atoms with Gasteiger partial charge in [-0.2, -0.15) is 4.98 Å². The molecule has 0 radical (unpaired) electrons. The summed E-state index contributed by atoms with van der Waals surface area (Å²) in [7, 11) is 3.85. The SMILES string of the molecule is CN(C)c1noc([C@H]2CCCN(CCO[C@@H]3CCCCO3)C2)n1. The Kier molecular flexibility index (Phi) is 5.85. The van der Waals surface area contributed by atoms with Gasteiger partial charge in [-0.25, -0.2) is 0 Å². The maximum atomic E-state index is 5.84. The van der Waals surface area contributed by atoms with Crippen LogP contribution in [0.15, 0.2) is 4.52 Å². The molecule has 130 valence electrons. The Labute approximate surface area is 137 Å². The van der Waals surface area contributed by atoms with Gasteiger partial charge in [0, 0.05) is 33.8 Å². The summed E-state index contributed by atoms with van der Waals surface area (Å²) in [6, 6.07) is 0. The molecule has 2 atom stereocenters. The van der Waals surface area contributed by atoms with E-state index in [1.807, 2.05) is 19.0 Å². The molecule has 1 aromatic heterocycles. The monoisotopic (exact) mass is 324 g/mol. The van der Waals surface area contributed by atoms with Gasteiger partial charge in [-0.15, -0.1) is 0 Å². The average Bonchev–Trinajstić information content (AvgIpc) is 3.07. The lowest BCUT2D eigenvalue weighted by Crippen LogP contribution is -2.37. The highest BCUT2D eigenvalue weighted by Crippen LogP contribution is 2.26. The molecule has 0 aromatic carbocycles. The largest absolute Gasteiger partial charge is 0.353 e. The van der Waals surface area contributed by atoms with Gasteiger partial charge in [0.05, 0.1) is 12.5 Å². The van der Waals surface area contributed by atoms with Crippen molar-refractivity contribution in [2.75, 3.05) is 51.8 Å². The molecule has 0 amide bonds. The smallest absolute Gasteiger partial charge is 0.265 e. The lowest BCUT2D eigenvalue weighted by Gasteiger charge is -2.31. The molecular weight excluding hydrogens is 296 g/mol. The Balaban J connectivity index is 1.44. The van der Waals surface area contributed by atoms with E-state index in [1.165, 1.54) is 6.42 Å². The molecule has 2 fully saturated rings. The first-order chi connectivity index (χ1) is 11.2. The van der Waals surface area contributed by atoms with Gasteiger partial charge in [0.25, 0.3) is 5.95 Å². The maximum Gasteiger partial charge on any atom is 0.265 e. The molecule has 0 aliphatic carbocycles. The van der Waals surface area contributed by atoms with E-state index in [0.717, 1.165) is 64.4 Å². The number of ether oxygens (including phenoxy) is 2. The highest BCUT2D eigenvalue weighted by atomic mass is 16.7. The molecule has 7 nitrogen and oxygen atoms in total. The van der Waals surface area contributed by atoms with E-state index in [2.05, 4.69) is 15.0 Å². The summed E-state index contributed by atoms with van der Waals surface area (Å²) in [5.74, 6) is 1.74. The van der Waals surface area contributed by atoms with Crippen LogP contribution in [-0.4, -0.2) is 68.3 Å². The van der Waals surface area contributed by atoms with E-state index in [-0.39, 0.29) is 6.29 Å². The third-order valence-electron chi connectivity index (χ3n) is 4.53. The van der Waals surface area contributed by atoms with Crippen LogP contribution in [0.3, 0.4) is 0 Å². The number of aromatic nitrogens is 2. The van der Waals surface area contributed by atoms with E-state index in [0.29, 0.717) is 11.9 Å². The quantitative estimate of drug-likeness (QED) is 0.791. The van der Waals surface area contributed by atoms with Crippen molar-refractivity contribution in [3.05, 3.63) is 5.89 Å². The second-order valence-corrected chi connectivity index (χ2v) is 6.63. The van der Waals surface area contributed by atoms with Crippen LogP contribution in [0.1, 0.15) is 43.9 Å². The van der Waals surface area contributed by atoms with Crippen LogP contribution in [0.25, 0.3) is 0 Å². The summed E-state index contributed by atoms with van der Waals surface area (Å²) in [5.41, 5.74) is 0. The minimum Gasteiger partial charge on any atom is -0.353 e. The van der Waals surface area contributed by atoms with Crippen molar-refractivity contribution in [2.45, 2.75) is 44.3 Å². The van der Waals surface area contributed by atoms with Crippen molar-refractivity contribution in [2.24, 2.45) is 0 Å². The zero-order valence-electron chi connectivity index (χ0n) is 14.2. The van der Waals surface area contributed by atoms with Crippen LogP contribution >= 0.6 is 0 Å². The molecule has 2 aliphatic rings. The molecule has 0 saturated carbocycles. The number of anilines is 1. The highest BCUT2D eigenvalue weighted by Gasteiger charge is 2.26. The van der Waals surface area contributed by atoms with Crippen molar-refractivity contribution in [3.8, 4) is 0 Å². The molecule has 2 saturated heterocycles. The first kappa shape index (κ1) is 16.7. The van der Waals surface area contributed by atoms with Crippen LogP contribution in [0.4, 0.5) is 5.95 Å². The third-order valence-corrected chi connectivity index (χ3v) is 4.53. The molecule has 0 bridgehead atoms. The van der Waals surface area contributed by atoms with Gasteiger partial charge in [-0.1, -0.05) is 0 Å². The number of hydrogen-bond donors (Lipinski definition) is 0. The van der Waals surface area contributed by atoms with Crippen molar-refractivity contribution in [1.82, 2.24) is 15.0 Å². The van der Waals surface area contributed by atoms with Gasteiger partial charge in [-0.05, 0) is 43.8 Å². The summed E-state index contributed by atoms with van der Waals surface area (Å²) >= 11 is 0. The summed E-state index contributed by atoms with van der Waals surface area (Å²) in [6.45, 7) is 4.57. The Hall–Kier alpha value is -1.18. The second-order valence-electron chi connectivity index (χ2n) is 6.63. The van der Waals surface area contributed by atoms with Gasteiger partial charge in [0.2, 0.25) is 5.89 Å². The highest BCUT2D eigenvalue weighted by molar-refractivity contribution is 5.24. The molecule has 7 heteroatoms. The Morgan fingerprint density at radius 1 is 1.26 bits per heavy atom. The Morgan fingerprint density at radius 3 is 2.91 bits per heavy atom. The standard InChI is InChI=1S/C16H28N4O3/c1-19(2)16-17-15(23-18-16)13-6-5-8-20(12-13)9-11-22-14-7-3-4-10-21-14/h13-14H,3-12H2,1-2H3/t13-,14+/m0/s1. The van der Waals surface area contributed by atoms with E-state index < -0.39 is 0 Å². The van der Waals surface area contributed by atoms with Crippen LogP contribution in [0.5, 0.6) is 0 Å². The van der Waals surface area contributed by atoms with Crippen molar-refractivity contribution >= 4 is 5.95 Å².